The van der Waals surface area contributed by atoms with Crippen molar-refractivity contribution in [1.29, 1.82) is 10.5 Å². The molecule has 0 saturated heterocycles. The first-order valence-corrected chi connectivity index (χ1v) is 16.3. The molecule has 0 amide bonds. The van der Waals surface area contributed by atoms with Crippen molar-refractivity contribution in [1.82, 2.24) is 4.57 Å². The monoisotopic (exact) mass is 621 g/mol. The van der Waals surface area contributed by atoms with Gasteiger partial charge in [0.25, 0.3) is 0 Å². The Morgan fingerprint density at radius 2 is 0.816 bits per heavy atom. The molecule has 0 unspecified atom stereocenters. The minimum absolute atomic E-state index is 0.356. The number of fused-ring (bicyclic) bond motifs is 5. The molecule has 0 spiro atoms. The number of nitriles is 2. The number of nitrogens with zero attached hydrogens (tertiary/aromatic N) is 3. The Hall–Kier alpha value is -6.94. The SMILES string of the molecule is N#Cc1cc(-n2c3ccccc3c3ccccc32)cc(-c2ccc(-c3c4ccccc4c(-c4ccccc4)c4ccccc34)cc2)c1C#N. The number of hydrogen-bond acceptors (Lipinski definition) is 2. The third-order valence-electron chi connectivity index (χ3n) is 9.67. The van der Waals surface area contributed by atoms with E-state index in [9.17, 15) is 10.5 Å². The first-order valence-electron chi connectivity index (χ1n) is 16.3. The summed E-state index contributed by atoms with van der Waals surface area (Å²) in [6, 6.07) is 61.5. The normalized spacial score (nSPS) is 11.2. The lowest BCUT2D eigenvalue weighted by Crippen LogP contribution is -1.99. The minimum atomic E-state index is 0.356. The van der Waals surface area contributed by atoms with E-state index in [0.29, 0.717) is 11.1 Å². The third kappa shape index (κ3) is 4.42. The predicted octanol–water partition coefficient (Wildman–Crippen LogP) is 11.8. The van der Waals surface area contributed by atoms with Gasteiger partial charge in [-0.15, -0.1) is 0 Å². The Morgan fingerprint density at radius 3 is 1.31 bits per heavy atom. The lowest BCUT2D eigenvalue weighted by molar-refractivity contribution is 1.17. The summed E-state index contributed by atoms with van der Waals surface area (Å²) in [5.74, 6) is 0. The van der Waals surface area contributed by atoms with Gasteiger partial charge < -0.3 is 4.57 Å². The second-order valence-corrected chi connectivity index (χ2v) is 12.3. The molecule has 9 aromatic rings. The van der Waals surface area contributed by atoms with Gasteiger partial charge in [-0.3, -0.25) is 0 Å². The third-order valence-corrected chi connectivity index (χ3v) is 9.67. The molecule has 9 rings (SSSR count). The zero-order valence-corrected chi connectivity index (χ0v) is 26.4. The summed E-state index contributed by atoms with van der Waals surface area (Å²) in [6.07, 6.45) is 0. The van der Waals surface area contributed by atoms with E-state index in [1.165, 1.54) is 38.2 Å². The Labute approximate surface area is 283 Å². The Balaban J connectivity index is 1.25. The van der Waals surface area contributed by atoms with Crippen molar-refractivity contribution in [3.05, 3.63) is 175 Å². The minimum Gasteiger partial charge on any atom is -0.309 e. The summed E-state index contributed by atoms with van der Waals surface area (Å²) in [6.45, 7) is 0. The molecule has 1 aromatic heterocycles. The van der Waals surface area contributed by atoms with Gasteiger partial charge in [-0.05, 0) is 73.6 Å². The van der Waals surface area contributed by atoms with Crippen LogP contribution in [-0.4, -0.2) is 4.57 Å². The lowest BCUT2D eigenvalue weighted by atomic mass is 9.85. The molecule has 3 heteroatoms. The maximum absolute atomic E-state index is 10.3. The molecular formula is C46H27N3. The van der Waals surface area contributed by atoms with Gasteiger partial charge in [-0.1, -0.05) is 140 Å². The quantitative estimate of drug-likeness (QED) is 0.184. The Bertz CT molecular complexity index is 2720. The largest absolute Gasteiger partial charge is 0.309 e. The van der Waals surface area contributed by atoms with Gasteiger partial charge in [0.15, 0.2) is 0 Å². The average Bonchev–Trinajstić information content (AvgIpc) is 3.51. The maximum atomic E-state index is 10.3. The Kier molecular flexibility index (Phi) is 6.58. The van der Waals surface area contributed by atoms with Gasteiger partial charge in [0.05, 0.1) is 22.2 Å². The van der Waals surface area contributed by atoms with E-state index in [1.807, 2.05) is 36.4 Å². The van der Waals surface area contributed by atoms with Gasteiger partial charge >= 0.3 is 0 Å². The standard InChI is InChI=1S/C46H27N3/c47-28-33-26-34(49-43-20-10-8-14-35(43)36-15-9-11-21-44(36)49)27-41(42(33)29-48)30-22-24-32(25-23-30)46-39-18-6-4-16-37(39)45(31-12-2-1-3-13-31)38-17-5-7-19-40(38)46/h1-27H. The molecule has 0 aliphatic rings. The molecular weight excluding hydrogens is 595 g/mol. The molecule has 8 aromatic carbocycles. The lowest BCUT2D eigenvalue weighted by Gasteiger charge is -2.18. The van der Waals surface area contributed by atoms with Crippen LogP contribution in [-0.2, 0) is 0 Å². The smallest absolute Gasteiger partial charge is 0.101 e. The number of benzene rings is 8. The van der Waals surface area contributed by atoms with E-state index in [4.69, 9.17) is 0 Å². The van der Waals surface area contributed by atoms with Crippen molar-refractivity contribution in [3.8, 4) is 51.2 Å². The van der Waals surface area contributed by atoms with E-state index < -0.39 is 0 Å². The van der Waals surface area contributed by atoms with Crippen molar-refractivity contribution in [3.63, 3.8) is 0 Å². The van der Waals surface area contributed by atoms with E-state index in [-0.39, 0.29) is 0 Å². The first kappa shape index (κ1) is 28.3. The fourth-order valence-corrected chi connectivity index (χ4v) is 7.56. The van der Waals surface area contributed by atoms with E-state index >= 15 is 0 Å². The number of para-hydroxylation sites is 2. The summed E-state index contributed by atoms with van der Waals surface area (Å²) in [5.41, 5.74) is 10.00. The molecule has 0 radical (unpaired) electrons. The molecule has 1 heterocycles. The summed E-state index contributed by atoms with van der Waals surface area (Å²) in [4.78, 5) is 0. The number of hydrogen-bond donors (Lipinski definition) is 0. The molecule has 49 heavy (non-hydrogen) atoms. The first-order chi connectivity index (χ1) is 24.2. The molecule has 0 fully saturated rings. The summed E-state index contributed by atoms with van der Waals surface area (Å²) >= 11 is 0. The summed E-state index contributed by atoms with van der Waals surface area (Å²) < 4.78 is 2.19. The van der Waals surface area contributed by atoms with Crippen LogP contribution in [0.15, 0.2) is 164 Å². The summed E-state index contributed by atoms with van der Waals surface area (Å²) in [5, 5.41) is 27.7. The molecule has 0 saturated carbocycles. The van der Waals surface area contributed by atoms with Crippen molar-refractivity contribution in [2.75, 3.05) is 0 Å². The molecule has 0 atom stereocenters. The van der Waals surface area contributed by atoms with E-state index in [1.54, 1.807) is 0 Å². The fourth-order valence-electron chi connectivity index (χ4n) is 7.56. The zero-order valence-electron chi connectivity index (χ0n) is 26.4. The molecule has 0 N–H and O–H groups in total. The van der Waals surface area contributed by atoms with Gasteiger partial charge in [0.1, 0.15) is 12.1 Å². The fraction of sp³-hybridized carbons (Fsp3) is 0. The van der Waals surface area contributed by atoms with Crippen LogP contribution in [0.2, 0.25) is 0 Å². The van der Waals surface area contributed by atoms with E-state index in [0.717, 1.165) is 44.2 Å². The zero-order chi connectivity index (χ0) is 32.9. The molecule has 226 valence electrons. The second-order valence-electron chi connectivity index (χ2n) is 12.3. The molecule has 0 aliphatic heterocycles. The molecule has 0 bridgehead atoms. The van der Waals surface area contributed by atoms with Crippen LogP contribution in [0.25, 0.3) is 82.4 Å². The maximum Gasteiger partial charge on any atom is 0.101 e. The van der Waals surface area contributed by atoms with Crippen LogP contribution in [0.4, 0.5) is 0 Å². The van der Waals surface area contributed by atoms with Gasteiger partial charge in [0.2, 0.25) is 0 Å². The van der Waals surface area contributed by atoms with Crippen LogP contribution >= 0.6 is 0 Å². The van der Waals surface area contributed by atoms with E-state index in [2.05, 4.69) is 144 Å². The highest BCUT2D eigenvalue weighted by molar-refractivity contribution is 6.21. The van der Waals surface area contributed by atoms with Gasteiger partial charge in [-0.2, -0.15) is 10.5 Å². The van der Waals surface area contributed by atoms with Gasteiger partial charge in [0, 0.05) is 22.0 Å². The topological polar surface area (TPSA) is 52.5 Å². The second kappa shape index (κ2) is 11.4. The van der Waals surface area contributed by atoms with Crippen LogP contribution in [0.1, 0.15) is 11.1 Å². The Morgan fingerprint density at radius 1 is 0.388 bits per heavy atom. The predicted molar refractivity (Wildman–Crippen MR) is 202 cm³/mol. The van der Waals surface area contributed by atoms with Crippen LogP contribution in [0, 0.1) is 22.7 Å². The molecule has 0 aliphatic carbocycles. The van der Waals surface area contributed by atoms with Crippen molar-refractivity contribution >= 4 is 43.4 Å². The number of rotatable bonds is 4. The summed E-state index contributed by atoms with van der Waals surface area (Å²) in [7, 11) is 0. The van der Waals surface area contributed by atoms with Crippen molar-refractivity contribution in [2.24, 2.45) is 0 Å². The average molecular weight is 622 g/mol. The van der Waals surface area contributed by atoms with Crippen LogP contribution in [0.5, 0.6) is 0 Å². The van der Waals surface area contributed by atoms with Crippen molar-refractivity contribution in [2.45, 2.75) is 0 Å². The van der Waals surface area contributed by atoms with Crippen molar-refractivity contribution < 1.29 is 0 Å². The molecule has 3 nitrogen and oxygen atoms in total. The highest BCUT2D eigenvalue weighted by Gasteiger charge is 2.19. The van der Waals surface area contributed by atoms with Crippen LogP contribution < -0.4 is 0 Å². The highest BCUT2D eigenvalue weighted by Crippen LogP contribution is 2.44. The highest BCUT2D eigenvalue weighted by atomic mass is 15.0. The van der Waals surface area contributed by atoms with Crippen LogP contribution in [0.3, 0.4) is 0 Å². The number of aromatic nitrogens is 1. The van der Waals surface area contributed by atoms with Gasteiger partial charge in [-0.25, -0.2) is 0 Å².